The Kier molecular flexibility index (Phi) is 29.7. The van der Waals surface area contributed by atoms with E-state index in [-0.39, 0.29) is 39.7 Å². The summed E-state index contributed by atoms with van der Waals surface area (Å²) in [5, 5.41) is 0. The monoisotopic (exact) mass is 464 g/mol. The van der Waals surface area contributed by atoms with Crippen LogP contribution in [0.1, 0.15) is 54.4 Å². The molecule has 0 heterocycles. The molecule has 0 bridgehead atoms. The molecule has 4 heteroatoms. The topological polar surface area (TPSA) is 0 Å². The van der Waals surface area contributed by atoms with Gasteiger partial charge in [-0.15, -0.1) is 37.7 Å². The molecule has 0 saturated heterocycles. The standard InChI is InChI=1S/2C9H13.2CH3.2ClH.H2Si.Zr/c2*1-7(2)9-5-4-8(3)6-9;;;;;;/h2*6-7H,5H2,1-3H3;2*1H3;2*1H;1H2;/q4*-1;;;;. The third-order valence-corrected chi connectivity index (χ3v) is 3.43. The Morgan fingerprint density at radius 3 is 1.12 bits per heavy atom. The van der Waals surface area contributed by atoms with Crippen molar-refractivity contribution in [3.63, 3.8) is 0 Å². The SMILES string of the molecule is CC1=[C-]CC(C(C)C)=C1.CC1=[C-]CC(C(C)C)=C1.Cl.Cl.[CH3-].[CH3-].[SiH2]=[Zr]. The molecule has 0 radical (unpaired) electrons. The molecule has 0 aromatic rings. The molecule has 0 aromatic heterocycles. The Hall–Kier alpha value is 0.640. The molecule has 0 aromatic carbocycles. The molecular weight excluding hydrogens is 430 g/mol. The number of hydrogen-bond donors (Lipinski definition) is 0. The van der Waals surface area contributed by atoms with Crippen LogP contribution in [0.3, 0.4) is 0 Å². The van der Waals surface area contributed by atoms with E-state index in [2.05, 4.69) is 65.8 Å². The number of hydrogen-bond acceptors (Lipinski definition) is 0. The van der Waals surface area contributed by atoms with E-state index in [0.29, 0.717) is 11.8 Å². The van der Waals surface area contributed by atoms with Gasteiger partial charge in [-0.3, -0.25) is 12.2 Å². The van der Waals surface area contributed by atoms with E-state index in [4.69, 9.17) is 0 Å². The first-order valence-electron chi connectivity index (χ1n) is 7.31. The zero-order chi connectivity index (χ0) is 15.7. The van der Waals surface area contributed by atoms with Gasteiger partial charge in [0.1, 0.15) is 0 Å². The normalized spacial score (nSPS) is 13.8. The first-order valence-corrected chi connectivity index (χ1v) is 13.2. The molecule has 24 heavy (non-hydrogen) atoms. The first-order chi connectivity index (χ1) is 9.40. The van der Waals surface area contributed by atoms with E-state index in [9.17, 15) is 0 Å². The van der Waals surface area contributed by atoms with Crippen LogP contribution >= 0.6 is 24.8 Å². The van der Waals surface area contributed by atoms with Gasteiger partial charge < -0.3 is 14.9 Å². The second kappa shape index (κ2) is 20.0. The fourth-order valence-corrected chi connectivity index (χ4v) is 1.98. The van der Waals surface area contributed by atoms with Gasteiger partial charge in [0.2, 0.25) is 0 Å². The molecule has 2 aliphatic carbocycles. The van der Waals surface area contributed by atoms with Crippen molar-refractivity contribution in [3.05, 3.63) is 61.4 Å². The molecule has 0 unspecified atom stereocenters. The fraction of sp³-hybridized carbons (Fsp3) is 0.500. The molecule has 0 saturated carbocycles. The number of rotatable bonds is 2. The van der Waals surface area contributed by atoms with Gasteiger partial charge in [-0.05, 0) is 11.8 Å². The van der Waals surface area contributed by atoms with Gasteiger partial charge in [0.25, 0.3) is 0 Å². The molecule has 0 amide bonds. The van der Waals surface area contributed by atoms with E-state index in [0.717, 1.165) is 12.8 Å². The fourth-order valence-electron chi connectivity index (χ4n) is 1.98. The molecule has 142 valence electrons. The van der Waals surface area contributed by atoms with Crippen LogP contribution in [-0.4, -0.2) is 6.88 Å². The summed E-state index contributed by atoms with van der Waals surface area (Å²) in [4.78, 5) is 0. The second-order valence-electron chi connectivity index (χ2n) is 5.82. The van der Waals surface area contributed by atoms with Crippen molar-refractivity contribution in [1.82, 2.24) is 0 Å². The van der Waals surface area contributed by atoms with Crippen molar-refractivity contribution < 1.29 is 23.3 Å². The van der Waals surface area contributed by atoms with Gasteiger partial charge in [-0.25, -0.2) is 23.3 Å². The molecule has 2 rings (SSSR count). The Morgan fingerprint density at radius 2 is 1.04 bits per heavy atom. The average molecular weight is 467 g/mol. The maximum absolute atomic E-state index is 3.27. The summed E-state index contributed by atoms with van der Waals surface area (Å²) < 4.78 is 0. The van der Waals surface area contributed by atoms with Crippen LogP contribution in [0.4, 0.5) is 0 Å². The molecule has 0 spiro atoms. The predicted octanol–water partition coefficient (Wildman–Crippen LogP) is 6.27. The van der Waals surface area contributed by atoms with Crippen LogP contribution in [0, 0.1) is 38.8 Å². The van der Waals surface area contributed by atoms with Gasteiger partial charge in [0, 0.05) is 0 Å². The maximum atomic E-state index is 3.27. The van der Waals surface area contributed by atoms with Crippen LogP contribution in [0.5, 0.6) is 0 Å². The zero-order valence-electron chi connectivity index (χ0n) is 16.7. The summed E-state index contributed by atoms with van der Waals surface area (Å²) in [5.74, 6) is 1.41. The summed E-state index contributed by atoms with van der Waals surface area (Å²) in [7, 11) is 0. The first kappa shape index (κ1) is 35.7. The Morgan fingerprint density at radius 1 is 0.792 bits per heavy atom. The third kappa shape index (κ3) is 14.9. The molecule has 0 N–H and O–H groups in total. The number of allylic oxidation sites excluding steroid dienone is 8. The zero-order valence-corrected chi connectivity index (χ0v) is 22.3. The Labute approximate surface area is 181 Å². The summed E-state index contributed by atoms with van der Waals surface area (Å²) in [6.45, 7) is 15.1. The quantitative estimate of drug-likeness (QED) is 0.332. The minimum absolute atomic E-state index is 0. The minimum atomic E-state index is 0. The van der Waals surface area contributed by atoms with Crippen molar-refractivity contribution >= 4 is 31.7 Å². The van der Waals surface area contributed by atoms with Crippen LogP contribution < -0.4 is 0 Å². The Bertz CT molecular complexity index is 393. The summed E-state index contributed by atoms with van der Waals surface area (Å²) in [5.41, 5.74) is 5.65. The van der Waals surface area contributed by atoms with Crippen molar-refractivity contribution in [3.8, 4) is 0 Å². The van der Waals surface area contributed by atoms with E-state index in [1.165, 1.54) is 22.3 Å². The average Bonchev–Trinajstić information content (AvgIpc) is 3.01. The van der Waals surface area contributed by atoms with Gasteiger partial charge in [0.15, 0.2) is 0 Å². The molecule has 0 aliphatic heterocycles. The van der Waals surface area contributed by atoms with Crippen LogP contribution in [0.25, 0.3) is 0 Å². The van der Waals surface area contributed by atoms with E-state index in [1.54, 1.807) is 23.3 Å². The van der Waals surface area contributed by atoms with Crippen LogP contribution in [0.15, 0.2) is 34.4 Å². The van der Waals surface area contributed by atoms with Crippen LogP contribution in [0.2, 0.25) is 0 Å². The van der Waals surface area contributed by atoms with Gasteiger partial charge >= 0.3 is 30.2 Å². The second-order valence-corrected chi connectivity index (χ2v) is 5.82. The Balaban J connectivity index is -0.0000000789. The van der Waals surface area contributed by atoms with Gasteiger partial charge in [0.05, 0.1) is 0 Å². The van der Waals surface area contributed by atoms with E-state index in [1.807, 2.05) is 6.88 Å². The summed E-state index contributed by atoms with van der Waals surface area (Å²) in [6.07, 6.45) is 13.1. The molecule has 2 aliphatic rings. The predicted molar refractivity (Wildman–Crippen MR) is 116 cm³/mol. The molecule has 0 fully saturated rings. The summed E-state index contributed by atoms with van der Waals surface area (Å²) in [6, 6.07) is 0. The number of halogens is 2. The van der Waals surface area contributed by atoms with Crippen molar-refractivity contribution in [1.29, 1.82) is 0 Å². The summed E-state index contributed by atoms with van der Waals surface area (Å²) >= 11 is 1.58. The van der Waals surface area contributed by atoms with Crippen molar-refractivity contribution in [2.75, 3.05) is 0 Å². The molecule has 0 atom stereocenters. The molecule has 0 nitrogen and oxygen atoms in total. The van der Waals surface area contributed by atoms with Gasteiger partial charge in [-0.1, -0.05) is 41.5 Å². The van der Waals surface area contributed by atoms with Gasteiger partial charge in [-0.2, -0.15) is 11.1 Å². The van der Waals surface area contributed by atoms with Crippen LogP contribution in [-0.2, 0) is 23.3 Å². The van der Waals surface area contributed by atoms with E-state index >= 15 is 0 Å². The van der Waals surface area contributed by atoms with Crippen molar-refractivity contribution in [2.24, 2.45) is 11.8 Å². The third-order valence-electron chi connectivity index (χ3n) is 3.43. The van der Waals surface area contributed by atoms with Crippen molar-refractivity contribution in [2.45, 2.75) is 54.4 Å². The molecular formula is C20H36Cl2SiZr-4. The van der Waals surface area contributed by atoms with E-state index < -0.39 is 0 Å².